The van der Waals surface area contributed by atoms with Crippen LogP contribution in [0.5, 0.6) is 0 Å². The molecule has 0 unspecified atom stereocenters. The first-order valence-corrected chi connectivity index (χ1v) is 11.0. The van der Waals surface area contributed by atoms with E-state index in [1.165, 1.54) is 18.4 Å². The van der Waals surface area contributed by atoms with E-state index in [9.17, 15) is 18.0 Å². The summed E-state index contributed by atoms with van der Waals surface area (Å²) in [7, 11) is 0. The largest absolute Gasteiger partial charge is 0.464 e. The molecule has 0 atom stereocenters. The van der Waals surface area contributed by atoms with Gasteiger partial charge in [0.2, 0.25) is 0 Å². The molecule has 4 aromatic rings. The standard InChI is InChI=1S/C24H17BrF3N3O2/c25-18-5-6-21-19(9-18)22(32)16(13-33-21)12-31-8-7-20-15(11-31)10-29-23(30-20)14-1-3-17(4-2-14)24(26,27)28/h1-6,9-10,13H,7-8,11-12H2. The molecule has 0 saturated carbocycles. The maximum atomic E-state index is 12.9. The Balaban J connectivity index is 1.34. The highest BCUT2D eigenvalue weighted by molar-refractivity contribution is 9.10. The molecule has 33 heavy (non-hydrogen) atoms. The maximum Gasteiger partial charge on any atom is 0.416 e. The van der Waals surface area contributed by atoms with Gasteiger partial charge in [-0.25, -0.2) is 9.97 Å². The summed E-state index contributed by atoms with van der Waals surface area (Å²) < 4.78 is 44.8. The molecule has 1 aliphatic rings. The third-order valence-corrected chi connectivity index (χ3v) is 6.18. The molecule has 0 aliphatic carbocycles. The molecule has 0 amide bonds. The summed E-state index contributed by atoms with van der Waals surface area (Å²) in [6.07, 6.45) is -0.507. The van der Waals surface area contributed by atoms with Crippen LogP contribution in [0, 0.1) is 0 Å². The first-order valence-electron chi connectivity index (χ1n) is 10.2. The molecule has 9 heteroatoms. The van der Waals surface area contributed by atoms with E-state index >= 15 is 0 Å². The van der Waals surface area contributed by atoms with Gasteiger partial charge >= 0.3 is 6.18 Å². The summed E-state index contributed by atoms with van der Waals surface area (Å²) >= 11 is 3.39. The zero-order chi connectivity index (χ0) is 23.2. The first-order chi connectivity index (χ1) is 15.8. The van der Waals surface area contributed by atoms with Gasteiger partial charge in [-0.15, -0.1) is 0 Å². The Bertz CT molecular complexity index is 1400. The number of halogens is 4. The van der Waals surface area contributed by atoms with Crippen molar-refractivity contribution < 1.29 is 17.6 Å². The minimum Gasteiger partial charge on any atom is -0.464 e. The SMILES string of the molecule is O=c1c(CN2CCc3nc(-c4ccc(C(F)(F)F)cc4)ncc3C2)coc2ccc(Br)cc12. The molecule has 0 spiro atoms. The molecule has 1 aliphatic heterocycles. The van der Waals surface area contributed by atoms with Gasteiger partial charge in [-0.05, 0) is 30.3 Å². The van der Waals surface area contributed by atoms with Gasteiger partial charge in [0.25, 0.3) is 0 Å². The normalized spacial score (nSPS) is 14.4. The van der Waals surface area contributed by atoms with Crippen LogP contribution in [0.2, 0.25) is 0 Å². The molecule has 0 N–H and O–H groups in total. The Labute approximate surface area is 195 Å². The Kier molecular flexibility index (Phi) is 5.54. The highest BCUT2D eigenvalue weighted by Crippen LogP contribution is 2.30. The molecule has 2 aromatic heterocycles. The van der Waals surface area contributed by atoms with Crippen molar-refractivity contribution in [3.8, 4) is 11.4 Å². The maximum absolute atomic E-state index is 12.9. The van der Waals surface area contributed by atoms with Crippen LogP contribution in [-0.4, -0.2) is 21.4 Å². The van der Waals surface area contributed by atoms with Crippen LogP contribution in [0.1, 0.15) is 22.4 Å². The second kappa shape index (κ2) is 8.39. The van der Waals surface area contributed by atoms with Gasteiger partial charge in [-0.1, -0.05) is 28.1 Å². The molecule has 0 radical (unpaired) electrons. The van der Waals surface area contributed by atoms with Crippen molar-refractivity contribution in [1.82, 2.24) is 14.9 Å². The van der Waals surface area contributed by atoms with Crippen LogP contribution in [0.25, 0.3) is 22.4 Å². The van der Waals surface area contributed by atoms with E-state index in [1.54, 1.807) is 18.3 Å². The zero-order valence-corrected chi connectivity index (χ0v) is 18.8. The molecule has 5 rings (SSSR count). The van der Waals surface area contributed by atoms with Crippen LogP contribution >= 0.6 is 15.9 Å². The van der Waals surface area contributed by atoms with Gasteiger partial charge in [0, 0.05) is 53.4 Å². The third-order valence-electron chi connectivity index (χ3n) is 5.68. The van der Waals surface area contributed by atoms with Gasteiger partial charge < -0.3 is 4.42 Å². The van der Waals surface area contributed by atoms with Crippen LogP contribution in [0.15, 0.2) is 68.6 Å². The topological polar surface area (TPSA) is 59.2 Å². The number of aromatic nitrogens is 2. The lowest BCUT2D eigenvalue weighted by Gasteiger charge is -2.27. The molecule has 168 valence electrons. The second-order valence-corrected chi connectivity index (χ2v) is 8.85. The smallest absolute Gasteiger partial charge is 0.416 e. The Morgan fingerprint density at radius 3 is 2.67 bits per heavy atom. The summed E-state index contributed by atoms with van der Waals surface area (Å²) in [5.74, 6) is 0.400. The Morgan fingerprint density at radius 2 is 1.91 bits per heavy atom. The van der Waals surface area contributed by atoms with Crippen LogP contribution in [-0.2, 0) is 25.7 Å². The number of alkyl halides is 3. The molecule has 0 fully saturated rings. The lowest BCUT2D eigenvalue weighted by molar-refractivity contribution is -0.137. The summed E-state index contributed by atoms with van der Waals surface area (Å²) in [4.78, 5) is 23.9. The van der Waals surface area contributed by atoms with Crippen molar-refractivity contribution in [2.24, 2.45) is 0 Å². The lowest BCUT2D eigenvalue weighted by atomic mass is 10.1. The van der Waals surface area contributed by atoms with E-state index < -0.39 is 11.7 Å². The summed E-state index contributed by atoms with van der Waals surface area (Å²) in [6.45, 7) is 1.69. The predicted octanol–water partition coefficient (Wildman–Crippen LogP) is 5.59. The van der Waals surface area contributed by atoms with E-state index in [4.69, 9.17) is 4.42 Å². The minimum absolute atomic E-state index is 0.0581. The molecule has 0 saturated heterocycles. The van der Waals surface area contributed by atoms with Crippen molar-refractivity contribution >= 4 is 26.9 Å². The second-order valence-electron chi connectivity index (χ2n) is 7.93. The van der Waals surface area contributed by atoms with Crippen molar-refractivity contribution in [2.45, 2.75) is 25.7 Å². The predicted molar refractivity (Wildman–Crippen MR) is 120 cm³/mol. The van der Waals surface area contributed by atoms with E-state index in [0.29, 0.717) is 54.0 Å². The zero-order valence-electron chi connectivity index (χ0n) is 17.2. The lowest BCUT2D eigenvalue weighted by Crippen LogP contribution is -2.32. The minimum atomic E-state index is -4.38. The fourth-order valence-corrected chi connectivity index (χ4v) is 4.31. The van der Waals surface area contributed by atoms with E-state index in [-0.39, 0.29) is 5.43 Å². The van der Waals surface area contributed by atoms with Gasteiger partial charge in [-0.3, -0.25) is 9.69 Å². The van der Waals surface area contributed by atoms with Crippen LogP contribution in [0.4, 0.5) is 13.2 Å². The van der Waals surface area contributed by atoms with Gasteiger partial charge in [-0.2, -0.15) is 13.2 Å². The van der Waals surface area contributed by atoms with E-state index in [0.717, 1.165) is 27.9 Å². The van der Waals surface area contributed by atoms with Crippen molar-refractivity contribution in [2.75, 3.05) is 6.54 Å². The highest BCUT2D eigenvalue weighted by atomic mass is 79.9. The van der Waals surface area contributed by atoms with Crippen LogP contribution < -0.4 is 5.43 Å². The molecule has 0 bridgehead atoms. The average molecular weight is 516 g/mol. The quantitative estimate of drug-likeness (QED) is 0.356. The summed E-state index contributed by atoms with van der Waals surface area (Å²) in [5.41, 5.74) is 2.69. The monoisotopic (exact) mass is 515 g/mol. The average Bonchev–Trinajstić information content (AvgIpc) is 2.80. The van der Waals surface area contributed by atoms with Crippen molar-refractivity contribution in [1.29, 1.82) is 0 Å². The molecular formula is C24H17BrF3N3O2. The molecule has 2 aromatic carbocycles. The van der Waals surface area contributed by atoms with Gasteiger partial charge in [0.15, 0.2) is 11.3 Å². The first kappa shape index (κ1) is 21.8. The van der Waals surface area contributed by atoms with E-state index in [2.05, 4.69) is 30.8 Å². The fourth-order valence-electron chi connectivity index (χ4n) is 3.95. The molecule has 5 nitrogen and oxygen atoms in total. The molecular weight excluding hydrogens is 499 g/mol. The van der Waals surface area contributed by atoms with Gasteiger partial charge in [0.05, 0.1) is 22.9 Å². The number of hydrogen-bond donors (Lipinski definition) is 0. The number of nitrogens with zero attached hydrogens (tertiary/aromatic N) is 3. The number of hydrogen-bond acceptors (Lipinski definition) is 5. The van der Waals surface area contributed by atoms with Crippen molar-refractivity contribution in [3.63, 3.8) is 0 Å². The highest BCUT2D eigenvalue weighted by Gasteiger charge is 2.30. The van der Waals surface area contributed by atoms with Gasteiger partial charge in [0.1, 0.15) is 5.58 Å². The number of rotatable bonds is 3. The number of benzene rings is 2. The summed E-state index contributed by atoms with van der Waals surface area (Å²) in [5, 5.41) is 0.531. The third kappa shape index (κ3) is 4.43. The Hall–Kier alpha value is -3.04. The fraction of sp³-hybridized carbons (Fsp3) is 0.208. The number of fused-ring (bicyclic) bond motifs is 2. The summed E-state index contributed by atoms with van der Waals surface area (Å²) in [6, 6.07) is 10.2. The molecule has 3 heterocycles. The van der Waals surface area contributed by atoms with Crippen molar-refractivity contribution in [3.05, 3.63) is 92.0 Å². The van der Waals surface area contributed by atoms with E-state index in [1.807, 2.05) is 6.07 Å². The van der Waals surface area contributed by atoms with Crippen LogP contribution in [0.3, 0.4) is 0 Å². The Morgan fingerprint density at radius 1 is 1.12 bits per heavy atom.